The predicted octanol–water partition coefficient (Wildman–Crippen LogP) is 5.00. The van der Waals surface area contributed by atoms with E-state index in [-0.39, 0.29) is 10.7 Å². The molecule has 0 radical (unpaired) electrons. The molecule has 1 aliphatic rings. The molecule has 0 bridgehead atoms. The molecule has 1 aliphatic heterocycles. The Hall–Kier alpha value is -4.03. The molecule has 5 nitrogen and oxygen atoms in total. The molecule has 6 heteroatoms. The molecule has 0 N–H and O–H groups in total. The van der Waals surface area contributed by atoms with E-state index in [1.807, 2.05) is 48.5 Å². The lowest BCUT2D eigenvalue weighted by Gasteiger charge is -2.36. The number of hydrogen-bond acceptors (Lipinski definition) is 4. The van der Waals surface area contributed by atoms with E-state index in [0.29, 0.717) is 29.3 Å². The maximum atomic E-state index is 13.5. The van der Waals surface area contributed by atoms with E-state index >= 15 is 0 Å². The maximum absolute atomic E-state index is 13.5. The number of thiocarbonyl (C=S) groups is 1. The van der Waals surface area contributed by atoms with Gasteiger partial charge in [0.25, 0.3) is 11.8 Å². The molecule has 0 aromatic heterocycles. The van der Waals surface area contributed by atoms with Gasteiger partial charge in [0.15, 0.2) is 5.11 Å². The van der Waals surface area contributed by atoms with Crippen LogP contribution < -0.4 is 14.5 Å². The Kier molecular flexibility index (Phi) is 6.24. The lowest BCUT2D eigenvalue weighted by molar-refractivity contribution is -0.120. The molecule has 158 valence electrons. The van der Waals surface area contributed by atoms with Crippen LogP contribution in [-0.4, -0.2) is 23.5 Å². The minimum Gasteiger partial charge on any atom is -0.489 e. The normalized spacial score (nSPS) is 13.9. The molecule has 3 aromatic carbocycles. The average Bonchev–Trinajstić information content (AvgIpc) is 2.82. The highest BCUT2D eigenvalue weighted by Crippen LogP contribution is 2.31. The van der Waals surface area contributed by atoms with Crippen molar-refractivity contribution in [2.45, 2.75) is 0 Å². The molecule has 4 rings (SSSR count). The Morgan fingerprint density at radius 2 is 1.28 bits per heavy atom. The van der Waals surface area contributed by atoms with Crippen LogP contribution in [0, 0.1) is 0 Å². The Bertz CT molecular complexity index is 1140. The summed E-state index contributed by atoms with van der Waals surface area (Å²) in [6.07, 6.45) is 3.18. The zero-order valence-corrected chi connectivity index (χ0v) is 18.0. The van der Waals surface area contributed by atoms with Crippen molar-refractivity contribution in [3.05, 3.63) is 109 Å². The van der Waals surface area contributed by atoms with Gasteiger partial charge in [0.1, 0.15) is 17.9 Å². The van der Waals surface area contributed by atoms with Crippen molar-refractivity contribution >= 4 is 46.6 Å². The molecule has 0 atom stereocenters. The third-order valence-corrected chi connectivity index (χ3v) is 5.22. The molecule has 2 amide bonds. The zero-order valence-electron chi connectivity index (χ0n) is 17.2. The van der Waals surface area contributed by atoms with E-state index in [1.54, 1.807) is 48.6 Å². The zero-order chi connectivity index (χ0) is 22.5. The molecule has 32 heavy (non-hydrogen) atoms. The SMILES string of the molecule is C=CCOc1ccccc1C=C1C(=O)N(c2ccccc2)C(=S)N(c2ccccc2)C1=O. The highest BCUT2D eigenvalue weighted by molar-refractivity contribution is 7.81. The van der Waals surface area contributed by atoms with Crippen LogP contribution in [0.3, 0.4) is 0 Å². The van der Waals surface area contributed by atoms with Crippen LogP contribution >= 0.6 is 12.2 Å². The van der Waals surface area contributed by atoms with E-state index < -0.39 is 11.8 Å². The standard InChI is InChI=1S/C26H20N2O3S/c1-2-17-31-23-16-10-9-11-19(23)18-22-24(29)27(20-12-5-3-6-13-20)26(32)28(25(22)30)21-14-7-4-8-15-21/h2-16,18H,1,17H2. The van der Waals surface area contributed by atoms with Crippen LogP contribution in [0.4, 0.5) is 11.4 Å². The number of carbonyl (C=O) groups is 2. The van der Waals surface area contributed by atoms with Crippen LogP contribution in [0.1, 0.15) is 5.56 Å². The number of para-hydroxylation sites is 3. The summed E-state index contributed by atoms with van der Waals surface area (Å²) in [4.78, 5) is 29.8. The number of carbonyl (C=O) groups excluding carboxylic acids is 2. The van der Waals surface area contributed by atoms with E-state index in [4.69, 9.17) is 17.0 Å². The van der Waals surface area contributed by atoms with E-state index in [2.05, 4.69) is 6.58 Å². The van der Waals surface area contributed by atoms with Crippen LogP contribution in [0.2, 0.25) is 0 Å². The lowest BCUT2D eigenvalue weighted by Crippen LogP contribution is -2.56. The second-order valence-corrected chi connectivity index (χ2v) is 7.30. The number of anilines is 2. The number of hydrogen-bond donors (Lipinski definition) is 0. The maximum Gasteiger partial charge on any atom is 0.270 e. The van der Waals surface area contributed by atoms with Crippen molar-refractivity contribution in [2.24, 2.45) is 0 Å². The Balaban J connectivity index is 1.85. The first-order valence-electron chi connectivity index (χ1n) is 9.99. The number of rotatable bonds is 6. The molecule has 0 unspecified atom stereocenters. The van der Waals surface area contributed by atoms with E-state index in [9.17, 15) is 9.59 Å². The Labute approximate surface area is 191 Å². The van der Waals surface area contributed by atoms with E-state index in [0.717, 1.165) is 0 Å². The van der Waals surface area contributed by atoms with Gasteiger partial charge in [0, 0.05) is 5.56 Å². The fourth-order valence-electron chi connectivity index (χ4n) is 3.37. The van der Waals surface area contributed by atoms with Gasteiger partial charge in [-0.3, -0.25) is 19.4 Å². The van der Waals surface area contributed by atoms with Gasteiger partial charge >= 0.3 is 0 Å². The minimum atomic E-state index is -0.489. The number of ether oxygens (including phenoxy) is 1. The quantitative estimate of drug-likeness (QED) is 0.234. The molecule has 0 spiro atoms. The Morgan fingerprint density at radius 3 is 1.81 bits per heavy atom. The molecule has 1 heterocycles. The summed E-state index contributed by atoms with van der Waals surface area (Å²) < 4.78 is 5.70. The van der Waals surface area contributed by atoms with Crippen LogP contribution in [0.5, 0.6) is 5.75 Å². The van der Waals surface area contributed by atoms with Crippen molar-refractivity contribution in [3.63, 3.8) is 0 Å². The molecule has 3 aromatic rings. The first kappa shape index (κ1) is 21.2. The van der Waals surface area contributed by atoms with Gasteiger partial charge in [0.2, 0.25) is 0 Å². The minimum absolute atomic E-state index is 0.0130. The summed E-state index contributed by atoms with van der Waals surface area (Å²) in [5.74, 6) is -0.431. The van der Waals surface area contributed by atoms with Crippen molar-refractivity contribution in [1.82, 2.24) is 0 Å². The summed E-state index contributed by atoms with van der Waals surface area (Å²) in [6, 6.07) is 25.3. The lowest BCUT2D eigenvalue weighted by atomic mass is 10.0. The molecule has 1 saturated heterocycles. The van der Waals surface area contributed by atoms with Gasteiger partial charge in [-0.25, -0.2) is 0 Å². The van der Waals surface area contributed by atoms with Crippen molar-refractivity contribution in [1.29, 1.82) is 0 Å². The Morgan fingerprint density at radius 1 is 0.781 bits per heavy atom. The smallest absolute Gasteiger partial charge is 0.270 e. The summed E-state index contributed by atoms with van der Waals surface area (Å²) >= 11 is 5.61. The van der Waals surface area contributed by atoms with Gasteiger partial charge in [0.05, 0.1) is 11.4 Å². The molecule has 0 saturated carbocycles. The van der Waals surface area contributed by atoms with Crippen LogP contribution in [0.25, 0.3) is 6.08 Å². The molecule has 0 aliphatic carbocycles. The van der Waals surface area contributed by atoms with Crippen LogP contribution in [-0.2, 0) is 9.59 Å². The first-order chi connectivity index (χ1) is 15.6. The summed E-state index contributed by atoms with van der Waals surface area (Å²) in [5, 5.41) is 0.103. The fourth-order valence-corrected chi connectivity index (χ4v) is 3.75. The highest BCUT2D eigenvalue weighted by atomic mass is 32.1. The second-order valence-electron chi connectivity index (χ2n) is 6.93. The second kappa shape index (κ2) is 9.41. The van der Waals surface area contributed by atoms with E-state index in [1.165, 1.54) is 9.80 Å². The monoisotopic (exact) mass is 440 g/mol. The molecular formula is C26H20N2O3S. The van der Waals surface area contributed by atoms with Crippen molar-refractivity contribution in [3.8, 4) is 5.75 Å². The third kappa shape index (κ3) is 4.08. The summed E-state index contributed by atoms with van der Waals surface area (Å²) in [5.41, 5.74) is 1.76. The number of benzene rings is 3. The summed E-state index contributed by atoms with van der Waals surface area (Å²) in [7, 11) is 0. The highest BCUT2D eigenvalue weighted by Gasteiger charge is 2.41. The van der Waals surface area contributed by atoms with Gasteiger partial charge in [-0.15, -0.1) is 0 Å². The molecular weight excluding hydrogens is 420 g/mol. The predicted molar refractivity (Wildman–Crippen MR) is 131 cm³/mol. The van der Waals surface area contributed by atoms with Gasteiger partial charge in [-0.2, -0.15) is 0 Å². The molecule has 1 fully saturated rings. The average molecular weight is 441 g/mol. The van der Waals surface area contributed by atoms with Gasteiger partial charge in [-0.05, 0) is 48.6 Å². The number of amides is 2. The number of nitrogens with zero attached hydrogens (tertiary/aromatic N) is 2. The van der Waals surface area contributed by atoms with Gasteiger partial charge in [-0.1, -0.05) is 67.3 Å². The topological polar surface area (TPSA) is 49.9 Å². The summed E-state index contributed by atoms with van der Waals surface area (Å²) in [6.45, 7) is 3.97. The fraction of sp³-hybridized carbons (Fsp3) is 0.0385. The van der Waals surface area contributed by atoms with Crippen molar-refractivity contribution in [2.75, 3.05) is 16.4 Å². The van der Waals surface area contributed by atoms with Crippen molar-refractivity contribution < 1.29 is 14.3 Å². The van der Waals surface area contributed by atoms with Gasteiger partial charge < -0.3 is 4.74 Å². The third-order valence-electron chi connectivity index (χ3n) is 4.85. The van der Waals surface area contributed by atoms with Crippen LogP contribution in [0.15, 0.2) is 103 Å². The largest absolute Gasteiger partial charge is 0.489 e. The first-order valence-corrected chi connectivity index (χ1v) is 10.4.